The molecule has 1 fully saturated rings. The second-order valence-corrected chi connectivity index (χ2v) is 13.2. The number of aromatic amines is 1. The molecule has 0 saturated heterocycles. The Balaban J connectivity index is 1.70. The molecule has 4 aromatic rings. The van der Waals surface area contributed by atoms with Gasteiger partial charge in [-0.3, -0.25) is 9.78 Å². The third-order valence-corrected chi connectivity index (χ3v) is 7.91. The Kier molecular flexibility index (Phi) is 7.10. The van der Waals surface area contributed by atoms with Crippen molar-refractivity contribution in [1.29, 1.82) is 0 Å². The molecule has 1 aromatic carbocycles. The van der Waals surface area contributed by atoms with E-state index in [1.54, 1.807) is 30.8 Å². The number of anilines is 4. The first-order valence-electron chi connectivity index (χ1n) is 13.0. The summed E-state index contributed by atoms with van der Waals surface area (Å²) in [5, 5.41) is 25.2. The van der Waals surface area contributed by atoms with Crippen molar-refractivity contribution < 1.29 is 22.3 Å². The van der Waals surface area contributed by atoms with Gasteiger partial charge in [0, 0.05) is 41.9 Å². The summed E-state index contributed by atoms with van der Waals surface area (Å²) >= 11 is 0. The van der Waals surface area contributed by atoms with Crippen molar-refractivity contribution in [1.82, 2.24) is 29.9 Å². The molecule has 3 heterocycles. The molecule has 5 rings (SSSR count). The van der Waals surface area contributed by atoms with Crippen LogP contribution in [0.3, 0.4) is 0 Å². The van der Waals surface area contributed by atoms with E-state index in [-0.39, 0.29) is 18.4 Å². The zero-order valence-corrected chi connectivity index (χ0v) is 24.4. The summed E-state index contributed by atoms with van der Waals surface area (Å²) in [4.78, 5) is 10.1. The number of nitrogens with zero attached hydrogens (tertiary/aromatic N) is 6. The molecule has 3 N–H and O–H groups in total. The number of hydrogen-bond donors (Lipinski definition) is 3. The summed E-state index contributed by atoms with van der Waals surface area (Å²) in [5.74, 6) is -1.10. The summed E-state index contributed by atoms with van der Waals surface area (Å²) in [6.07, 6.45) is 4.36. The average Bonchev–Trinajstić information content (AvgIpc) is 3.52. The molecule has 1 saturated carbocycles. The van der Waals surface area contributed by atoms with Crippen molar-refractivity contribution >= 4 is 33.1 Å². The average molecular weight is 587 g/mol. The third-order valence-electron chi connectivity index (χ3n) is 6.82. The number of nitrogens with one attached hydrogen (secondary N) is 2. The Labute approximate surface area is 236 Å². The van der Waals surface area contributed by atoms with Crippen molar-refractivity contribution in [3.8, 4) is 11.3 Å². The van der Waals surface area contributed by atoms with Crippen LogP contribution in [0.2, 0.25) is 0 Å². The Hall–Kier alpha value is -3.91. The molecule has 0 unspecified atom stereocenters. The van der Waals surface area contributed by atoms with Gasteiger partial charge in [0.25, 0.3) is 0 Å². The Bertz CT molecular complexity index is 1720. The Morgan fingerprint density at radius 2 is 1.83 bits per heavy atom. The maximum atomic E-state index is 15.2. The largest absolute Gasteiger partial charge is 0.389 e. The lowest BCUT2D eigenvalue weighted by Crippen LogP contribution is -2.27. The topological polar surface area (TPSA) is 142 Å². The van der Waals surface area contributed by atoms with Gasteiger partial charge in [0.05, 0.1) is 28.9 Å². The highest BCUT2D eigenvalue weighted by Crippen LogP contribution is 2.48. The van der Waals surface area contributed by atoms with Gasteiger partial charge in [0.1, 0.15) is 11.5 Å². The summed E-state index contributed by atoms with van der Waals surface area (Å²) < 4.78 is 56.0. The van der Waals surface area contributed by atoms with Crippen molar-refractivity contribution in [2.24, 2.45) is 0 Å². The molecule has 0 spiro atoms. The molecular weight excluding hydrogens is 554 g/mol. The lowest BCUT2D eigenvalue weighted by molar-refractivity contribution is 0.0571. The van der Waals surface area contributed by atoms with Crippen LogP contribution < -0.4 is 10.2 Å². The molecule has 0 radical (unpaired) electrons. The number of sulfone groups is 1. The quantitative estimate of drug-likeness (QED) is 0.258. The van der Waals surface area contributed by atoms with Gasteiger partial charge in [0.2, 0.25) is 5.95 Å². The van der Waals surface area contributed by atoms with Gasteiger partial charge in [-0.15, -0.1) is 0 Å². The summed E-state index contributed by atoms with van der Waals surface area (Å²) in [7, 11) is -2.43. The number of aryl methyl sites for hydroxylation is 1. The minimum absolute atomic E-state index is 0.0290. The fourth-order valence-electron chi connectivity index (χ4n) is 4.65. The van der Waals surface area contributed by atoms with Gasteiger partial charge in [-0.2, -0.15) is 15.2 Å². The molecule has 0 aliphatic heterocycles. The highest BCUT2D eigenvalue weighted by atomic mass is 32.2. The lowest BCUT2D eigenvalue weighted by Gasteiger charge is -2.23. The number of H-pyrrole nitrogens is 1. The van der Waals surface area contributed by atoms with E-state index in [9.17, 15) is 13.5 Å². The molecule has 0 bridgehead atoms. The zero-order chi connectivity index (χ0) is 29.9. The number of benzene rings is 1. The third kappa shape index (κ3) is 5.93. The second kappa shape index (κ2) is 10.2. The maximum Gasteiger partial charge on any atom is 0.232 e. The molecule has 1 aliphatic rings. The second-order valence-electron chi connectivity index (χ2n) is 11.2. The highest BCUT2D eigenvalue weighted by Gasteiger charge is 2.34. The summed E-state index contributed by atoms with van der Waals surface area (Å²) in [5.41, 5.74) is 2.10. The van der Waals surface area contributed by atoms with Gasteiger partial charge in [-0.1, -0.05) is 0 Å². The first-order chi connectivity index (χ1) is 19.1. The monoisotopic (exact) mass is 586 g/mol. The molecule has 218 valence electrons. The van der Waals surface area contributed by atoms with Crippen LogP contribution in [0.15, 0.2) is 29.3 Å². The Morgan fingerprint density at radius 1 is 1.17 bits per heavy atom. The number of rotatable bonds is 9. The van der Waals surface area contributed by atoms with Gasteiger partial charge < -0.3 is 15.3 Å². The van der Waals surface area contributed by atoms with E-state index in [1.165, 1.54) is 7.05 Å². The summed E-state index contributed by atoms with van der Waals surface area (Å²) in [6, 6.07) is 3.36. The minimum Gasteiger partial charge on any atom is -0.389 e. The predicted octanol–water partition coefficient (Wildman–Crippen LogP) is 4.52. The fraction of sp³-hybridized carbons (Fsp3) is 0.407. The van der Waals surface area contributed by atoms with Crippen molar-refractivity contribution in [3.05, 3.63) is 53.0 Å². The van der Waals surface area contributed by atoms with E-state index in [0.29, 0.717) is 22.9 Å². The minimum atomic E-state index is -3.84. The molecule has 0 atom stereocenters. The van der Waals surface area contributed by atoms with Crippen LogP contribution in [0.4, 0.5) is 32.1 Å². The molecule has 14 heteroatoms. The van der Waals surface area contributed by atoms with Crippen LogP contribution in [0.5, 0.6) is 0 Å². The van der Waals surface area contributed by atoms with Crippen LogP contribution in [0.1, 0.15) is 49.6 Å². The first-order valence-corrected chi connectivity index (χ1v) is 14.9. The molecular formula is C27H32F2N8O3S. The zero-order valence-electron chi connectivity index (χ0n) is 23.6. The number of aliphatic hydroxyl groups is 1. The molecule has 3 aromatic heterocycles. The van der Waals surface area contributed by atoms with Crippen LogP contribution in [0, 0.1) is 25.5 Å². The number of halogens is 2. The van der Waals surface area contributed by atoms with Crippen LogP contribution in [-0.2, 0) is 16.4 Å². The fourth-order valence-corrected chi connectivity index (χ4v) is 5.29. The maximum absolute atomic E-state index is 15.2. The molecule has 11 nitrogen and oxygen atoms in total. The van der Waals surface area contributed by atoms with Crippen LogP contribution >= 0.6 is 0 Å². The number of aromatic nitrogens is 6. The van der Waals surface area contributed by atoms with E-state index in [4.69, 9.17) is 4.98 Å². The number of hydrogen-bond acceptors (Lipinski definition) is 9. The van der Waals surface area contributed by atoms with Crippen molar-refractivity contribution in [2.75, 3.05) is 23.5 Å². The first kappa shape index (κ1) is 28.6. The van der Waals surface area contributed by atoms with E-state index < -0.39 is 37.7 Å². The van der Waals surface area contributed by atoms with E-state index in [0.717, 1.165) is 53.1 Å². The normalized spacial score (nSPS) is 14.0. The van der Waals surface area contributed by atoms with E-state index in [2.05, 4.69) is 25.6 Å². The van der Waals surface area contributed by atoms with E-state index in [1.807, 2.05) is 13.8 Å². The molecule has 1 aliphatic carbocycles. The molecule has 41 heavy (non-hydrogen) atoms. The van der Waals surface area contributed by atoms with Gasteiger partial charge in [-0.25, -0.2) is 22.2 Å². The van der Waals surface area contributed by atoms with E-state index >= 15 is 8.78 Å². The standard InChI is InChI=1S/C27H32F2N8O3S/c1-14-9-21(35-34-14)31-25-22(16-7-8-16)23(18-12-30-37(15(18)2)13-27(3,4)38)32-26(33-25)36(5)24-19(28)10-17(11-20(24)29)41(6,39)40/h9-12,16,38H,7-8,13H2,1-6H3,(H2,31,32,33,34,35). The Morgan fingerprint density at radius 3 is 2.37 bits per heavy atom. The van der Waals surface area contributed by atoms with Crippen molar-refractivity contribution in [3.63, 3.8) is 0 Å². The summed E-state index contributed by atoms with van der Waals surface area (Å²) in [6.45, 7) is 7.34. The smallest absolute Gasteiger partial charge is 0.232 e. The van der Waals surface area contributed by atoms with Crippen LogP contribution in [0.25, 0.3) is 11.3 Å². The van der Waals surface area contributed by atoms with Crippen molar-refractivity contribution in [2.45, 2.75) is 63.5 Å². The van der Waals surface area contributed by atoms with Gasteiger partial charge in [-0.05, 0) is 58.6 Å². The lowest BCUT2D eigenvalue weighted by atomic mass is 10.0. The van der Waals surface area contributed by atoms with Gasteiger partial charge in [0.15, 0.2) is 27.3 Å². The predicted molar refractivity (Wildman–Crippen MR) is 150 cm³/mol. The SMILES string of the molecule is Cc1cc(Nc2nc(N(C)c3c(F)cc(S(C)(=O)=O)cc3F)nc(-c3cnn(CC(C)(C)O)c3C)c2C2CC2)n[nH]1. The van der Waals surface area contributed by atoms with Gasteiger partial charge >= 0.3 is 0 Å². The molecule has 0 amide bonds. The van der Waals surface area contributed by atoms with Crippen LogP contribution in [-0.4, -0.2) is 62.4 Å². The highest BCUT2D eigenvalue weighted by molar-refractivity contribution is 7.90.